The third-order valence-corrected chi connectivity index (χ3v) is 3.32. The molecule has 0 radical (unpaired) electrons. The van der Waals surface area contributed by atoms with E-state index in [0.717, 1.165) is 12.8 Å². The second kappa shape index (κ2) is 2.88. The SMILES string of the molecule is C=CCCC(O)(C1CC1)C1CC1. The molecule has 2 aliphatic carbocycles. The molecule has 2 saturated carbocycles. The maximum Gasteiger partial charge on any atom is 0.0706 e. The van der Waals surface area contributed by atoms with Crippen LogP contribution in [0.2, 0.25) is 0 Å². The molecule has 12 heavy (non-hydrogen) atoms. The normalized spacial score (nSPS) is 24.1. The van der Waals surface area contributed by atoms with Crippen molar-refractivity contribution in [1.29, 1.82) is 0 Å². The predicted octanol–water partition coefficient (Wildman–Crippen LogP) is 2.50. The fourth-order valence-corrected chi connectivity index (χ4v) is 2.24. The van der Waals surface area contributed by atoms with E-state index < -0.39 is 0 Å². The second-order valence-corrected chi connectivity index (χ2v) is 4.37. The summed E-state index contributed by atoms with van der Waals surface area (Å²) < 4.78 is 0. The maximum atomic E-state index is 10.4. The number of allylic oxidation sites excluding steroid dienone is 1. The summed E-state index contributed by atoms with van der Waals surface area (Å²) in [5.74, 6) is 1.26. The van der Waals surface area contributed by atoms with Crippen LogP contribution in [0.25, 0.3) is 0 Å². The van der Waals surface area contributed by atoms with Gasteiger partial charge in [-0.15, -0.1) is 6.58 Å². The van der Waals surface area contributed by atoms with Gasteiger partial charge in [-0.2, -0.15) is 0 Å². The van der Waals surface area contributed by atoms with Crippen molar-refractivity contribution in [1.82, 2.24) is 0 Å². The molecule has 0 aromatic carbocycles. The van der Waals surface area contributed by atoms with Crippen LogP contribution < -0.4 is 0 Å². The van der Waals surface area contributed by atoms with Gasteiger partial charge in [0.15, 0.2) is 0 Å². The Morgan fingerprint density at radius 2 is 1.75 bits per heavy atom. The van der Waals surface area contributed by atoms with Crippen molar-refractivity contribution >= 4 is 0 Å². The highest BCUT2D eigenvalue weighted by Gasteiger charge is 2.52. The van der Waals surface area contributed by atoms with Gasteiger partial charge in [-0.05, 0) is 50.4 Å². The number of hydrogen-bond acceptors (Lipinski definition) is 1. The van der Waals surface area contributed by atoms with Crippen molar-refractivity contribution < 1.29 is 5.11 Å². The zero-order chi connectivity index (χ0) is 8.60. The minimum atomic E-state index is -0.297. The van der Waals surface area contributed by atoms with Gasteiger partial charge in [0.05, 0.1) is 5.60 Å². The fourth-order valence-electron chi connectivity index (χ4n) is 2.24. The molecule has 68 valence electrons. The summed E-state index contributed by atoms with van der Waals surface area (Å²) in [6.45, 7) is 3.71. The zero-order valence-electron chi connectivity index (χ0n) is 7.63. The van der Waals surface area contributed by atoms with Crippen molar-refractivity contribution in [3.05, 3.63) is 12.7 Å². The first-order valence-corrected chi connectivity index (χ1v) is 5.10. The lowest BCUT2D eigenvalue weighted by Gasteiger charge is -2.27. The van der Waals surface area contributed by atoms with E-state index in [1.54, 1.807) is 0 Å². The lowest BCUT2D eigenvalue weighted by atomic mass is 9.87. The predicted molar refractivity (Wildman–Crippen MR) is 49.8 cm³/mol. The Labute approximate surface area is 74.5 Å². The summed E-state index contributed by atoms with van der Waals surface area (Å²) in [5.41, 5.74) is -0.297. The van der Waals surface area contributed by atoms with Crippen LogP contribution >= 0.6 is 0 Å². The second-order valence-electron chi connectivity index (χ2n) is 4.37. The lowest BCUT2D eigenvalue weighted by Crippen LogP contribution is -2.33. The summed E-state index contributed by atoms with van der Waals surface area (Å²) in [7, 11) is 0. The highest BCUT2D eigenvalue weighted by molar-refractivity contribution is 5.04. The standard InChI is InChI=1S/C11H18O/c1-2-3-8-11(12,9-4-5-9)10-6-7-10/h2,9-10,12H,1,3-8H2. The molecule has 2 aliphatic rings. The Kier molecular flexibility index (Phi) is 1.99. The molecular weight excluding hydrogens is 148 g/mol. The first-order chi connectivity index (χ1) is 5.77. The Morgan fingerprint density at radius 1 is 1.25 bits per heavy atom. The summed E-state index contributed by atoms with van der Waals surface area (Å²) in [6, 6.07) is 0. The highest BCUT2D eigenvalue weighted by Crippen LogP contribution is 2.54. The van der Waals surface area contributed by atoms with E-state index in [1.165, 1.54) is 25.7 Å². The molecule has 0 aromatic rings. The molecule has 0 amide bonds. The molecule has 0 bridgehead atoms. The molecule has 0 aromatic heterocycles. The van der Waals surface area contributed by atoms with Gasteiger partial charge in [0.2, 0.25) is 0 Å². The van der Waals surface area contributed by atoms with Gasteiger partial charge in [0.1, 0.15) is 0 Å². The van der Waals surface area contributed by atoms with Crippen LogP contribution in [0.4, 0.5) is 0 Å². The molecule has 0 heterocycles. The maximum absolute atomic E-state index is 10.4. The molecule has 1 heteroatoms. The molecule has 1 nitrogen and oxygen atoms in total. The number of aliphatic hydroxyl groups is 1. The summed E-state index contributed by atoms with van der Waals surface area (Å²) in [6.07, 6.45) is 8.87. The molecule has 2 fully saturated rings. The first-order valence-electron chi connectivity index (χ1n) is 5.10. The van der Waals surface area contributed by atoms with Crippen LogP contribution in [0.5, 0.6) is 0 Å². The Morgan fingerprint density at radius 3 is 2.08 bits per heavy atom. The molecule has 1 N–H and O–H groups in total. The molecule has 0 unspecified atom stereocenters. The van der Waals surface area contributed by atoms with Crippen molar-refractivity contribution in [2.45, 2.75) is 44.1 Å². The highest BCUT2D eigenvalue weighted by atomic mass is 16.3. The number of rotatable bonds is 5. The average molecular weight is 166 g/mol. The van der Waals surface area contributed by atoms with Crippen molar-refractivity contribution in [3.8, 4) is 0 Å². The summed E-state index contributed by atoms with van der Waals surface area (Å²) >= 11 is 0. The molecule has 0 aliphatic heterocycles. The van der Waals surface area contributed by atoms with Crippen LogP contribution in [0.1, 0.15) is 38.5 Å². The number of hydrogen-bond donors (Lipinski definition) is 1. The van der Waals surface area contributed by atoms with Gasteiger partial charge in [-0.1, -0.05) is 6.08 Å². The topological polar surface area (TPSA) is 20.2 Å². The van der Waals surface area contributed by atoms with E-state index in [2.05, 4.69) is 6.58 Å². The summed E-state index contributed by atoms with van der Waals surface area (Å²) in [4.78, 5) is 0. The monoisotopic (exact) mass is 166 g/mol. The van der Waals surface area contributed by atoms with E-state index in [9.17, 15) is 5.11 Å². The van der Waals surface area contributed by atoms with E-state index in [-0.39, 0.29) is 5.60 Å². The zero-order valence-corrected chi connectivity index (χ0v) is 7.63. The largest absolute Gasteiger partial charge is 0.389 e. The summed E-state index contributed by atoms with van der Waals surface area (Å²) in [5, 5.41) is 10.4. The molecule has 0 spiro atoms. The van der Waals surface area contributed by atoms with Gasteiger partial charge in [0.25, 0.3) is 0 Å². The van der Waals surface area contributed by atoms with E-state index in [1.807, 2.05) is 6.08 Å². The minimum absolute atomic E-state index is 0.297. The third kappa shape index (κ3) is 1.42. The van der Waals surface area contributed by atoms with Crippen LogP contribution in [0, 0.1) is 11.8 Å². The smallest absolute Gasteiger partial charge is 0.0706 e. The Bertz CT molecular complexity index is 165. The van der Waals surface area contributed by atoms with E-state index in [0.29, 0.717) is 11.8 Å². The first kappa shape index (κ1) is 8.31. The average Bonchev–Trinajstić information content (AvgIpc) is 2.92. The van der Waals surface area contributed by atoms with Crippen LogP contribution in [0.3, 0.4) is 0 Å². The van der Waals surface area contributed by atoms with E-state index >= 15 is 0 Å². The van der Waals surface area contributed by atoms with Crippen LogP contribution in [-0.4, -0.2) is 10.7 Å². The van der Waals surface area contributed by atoms with Gasteiger partial charge in [-0.3, -0.25) is 0 Å². The third-order valence-electron chi connectivity index (χ3n) is 3.32. The fraction of sp³-hybridized carbons (Fsp3) is 0.818. The Balaban J connectivity index is 1.94. The molecule has 0 atom stereocenters. The quantitative estimate of drug-likeness (QED) is 0.622. The molecular formula is C11H18O. The Hall–Kier alpha value is -0.300. The molecule has 0 saturated heterocycles. The molecule has 2 rings (SSSR count). The van der Waals surface area contributed by atoms with Crippen molar-refractivity contribution in [3.63, 3.8) is 0 Å². The van der Waals surface area contributed by atoms with Gasteiger partial charge in [0, 0.05) is 0 Å². The van der Waals surface area contributed by atoms with E-state index in [4.69, 9.17) is 0 Å². The lowest BCUT2D eigenvalue weighted by molar-refractivity contribution is -0.0120. The minimum Gasteiger partial charge on any atom is -0.389 e. The van der Waals surface area contributed by atoms with Crippen LogP contribution in [0.15, 0.2) is 12.7 Å². The van der Waals surface area contributed by atoms with Gasteiger partial charge in [-0.25, -0.2) is 0 Å². The van der Waals surface area contributed by atoms with Gasteiger partial charge >= 0.3 is 0 Å². The van der Waals surface area contributed by atoms with Crippen LogP contribution in [-0.2, 0) is 0 Å². The van der Waals surface area contributed by atoms with Crippen molar-refractivity contribution in [2.75, 3.05) is 0 Å². The van der Waals surface area contributed by atoms with Gasteiger partial charge < -0.3 is 5.11 Å². The van der Waals surface area contributed by atoms with Crippen molar-refractivity contribution in [2.24, 2.45) is 11.8 Å².